The van der Waals surface area contributed by atoms with Crippen molar-refractivity contribution in [2.75, 3.05) is 0 Å². The number of fused-ring (bicyclic) bond motifs is 1. The third-order valence-electron chi connectivity index (χ3n) is 3.13. The molecular formula is C15H25N. The Kier molecular flexibility index (Phi) is 5.37. The second kappa shape index (κ2) is 6.57. The van der Waals surface area contributed by atoms with E-state index in [1.165, 1.54) is 37.1 Å². The van der Waals surface area contributed by atoms with Gasteiger partial charge in [0.05, 0.1) is 0 Å². The number of nitrogens with one attached hydrogen (secondary N) is 1. The summed E-state index contributed by atoms with van der Waals surface area (Å²) in [4.78, 5) is 3.57. The first-order chi connectivity index (χ1) is 7.86. The van der Waals surface area contributed by atoms with Crippen molar-refractivity contribution in [3.8, 4) is 0 Å². The summed E-state index contributed by atoms with van der Waals surface area (Å²) in [6, 6.07) is 0. The molecule has 0 aliphatic heterocycles. The van der Waals surface area contributed by atoms with Crippen LogP contribution in [0.2, 0.25) is 0 Å². The highest BCUT2D eigenvalue weighted by Crippen LogP contribution is 2.27. The molecule has 0 saturated heterocycles. The molecule has 90 valence electrons. The Bertz CT molecular complexity index is 345. The second-order valence-corrected chi connectivity index (χ2v) is 4.03. The topological polar surface area (TPSA) is 15.8 Å². The van der Waals surface area contributed by atoms with Gasteiger partial charge < -0.3 is 4.98 Å². The average molecular weight is 219 g/mol. The van der Waals surface area contributed by atoms with Gasteiger partial charge in [0.15, 0.2) is 0 Å². The zero-order valence-corrected chi connectivity index (χ0v) is 11.2. The van der Waals surface area contributed by atoms with Crippen molar-refractivity contribution in [1.82, 2.24) is 4.98 Å². The highest BCUT2D eigenvalue weighted by atomic mass is 14.7. The number of hydrogen-bond acceptors (Lipinski definition) is 0. The fourth-order valence-corrected chi connectivity index (χ4v) is 2.49. The van der Waals surface area contributed by atoms with Crippen LogP contribution in [0.4, 0.5) is 0 Å². The maximum atomic E-state index is 3.57. The van der Waals surface area contributed by atoms with Gasteiger partial charge in [-0.3, -0.25) is 0 Å². The predicted molar refractivity (Wildman–Crippen MR) is 72.9 cm³/mol. The molecule has 0 saturated carbocycles. The van der Waals surface area contributed by atoms with Crippen LogP contribution in [0.1, 0.15) is 63.1 Å². The van der Waals surface area contributed by atoms with Crippen molar-refractivity contribution >= 4 is 6.08 Å². The molecule has 0 unspecified atom stereocenters. The minimum atomic E-state index is 1.16. The highest BCUT2D eigenvalue weighted by molar-refractivity contribution is 5.55. The molecule has 0 atom stereocenters. The summed E-state index contributed by atoms with van der Waals surface area (Å²) in [5, 5.41) is 0. The smallest absolute Gasteiger partial charge is 0.0414 e. The van der Waals surface area contributed by atoms with E-state index in [2.05, 4.69) is 31.0 Å². The van der Waals surface area contributed by atoms with E-state index in [0.29, 0.717) is 0 Å². The van der Waals surface area contributed by atoms with E-state index in [1.807, 2.05) is 13.8 Å². The Hall–Kier alpha value is -0.980. The van der Waals surface area contributed by atoms with Gasteiger partial charge in [0.25, 0.3) is 0 Å². The monoisotopic (exact) mass is 219 g/mol. The molecule has 0 radical (unpaired) electrons. The van der Waals surface area contributed by atoms with Gasteiger partial charge in [-0.05, 0) is 56.2 Å². The lowest BCUT2D eigenvalue weighted by molar-refractivity contribution is 0.673. The molecule has 1 heteroatoms. The maximum Gasteiger partial charge on any atom is 0.0414 e. The Morgan fingerprint density at radius 3 is 2.50 bits per heavy atom. The number of hydrogen-bond donors (Lipinski definition) is 1. The summed E-state index contributed by atoms with van der Waals surface area (Å²) >= 11 is 0. The van der Waals surface area contributed by atoms with Crippen molar-refractivity contribution < 1.29 is 0 Å². The van der Waals surface area contributed by atoms with E-state index >= 15 is 0 Å². The average Bonchev–Trinajstić information content (AvgIpc) is 2.69. The molecule has 0 spiro atoms. The molecule has 0 fully saturated rings. The number of aromatic amines is 1. The number of aryl methyl sites for hydroxylation is 1. The van der Waals surface area contributed by atoms with Crippen LogP contribution in [0.5, 0.6) is 0 Å². The number of rotatable bonds is 2. The minimum Gasteiger partial charge on any atom is -0.358 e. The van der Waals surface area contributed by atoms with Gasteiger partial charge in [0, 0.05) is 11.4 Å². The Morgan fingerprint density at radius 1 is 1.19 bits per heavy atom. The van der Waals surface area contributed by atoms with Crippen molar-refractivity contribution in [1.29, 1.82) is 0 Å². The largest absolute Gasteiger partial charge is 0.358 e. The second-order valence-electron chi connectivity index (χ2n) is 4.03. The van der Waals surface area contributed by atoms with Gasteiger partial charge in [-0.25, -0.2) is 0 Å². The number of H-pyrrole nitrogens is 1. The van der Waals surface area contributed by atoms with Gasteiger partial charge in [0.1, 0.15) is 0 Å². The lowest BCUT2D eigenvalue weighted by Crippen LogP contribution is -2.01. The summed E-state index contributed by atoms with van der Waals surface area (Å²) in [7, 11) is 0. The normalized spacial score (nSPS) is 14.5. The zero-order chi connectivity index (χ0) is 12.0. The number of aromatic nitrogens is 1. The van der Waals surface area contributed by atoms with E-state index < -0.39 is 0 Å². The highest BCUT2D eigenvalue weighted by Gasteiger charge is 2.17. The van der Waals surface area contributed by atoms with E-state index in [-0.39, 0.29) is 0 Å². The Morgan fingerprint density at radius 2 is 1.88 bits per heavy atom. The third kappa shape index (κ3) is 2.58. The molecule has 1 aliphatic carbocycles. The minimum absolute atomic E-state index is 1.16. The fourth-order valence-electron chi connectivity index (χ4n) is 2.49. The molecule has 0 bridgehead atoms. The fraction of sp³-hybridized carbons (Fsp3) is 0.600. The summed E-state index contributed by atoms with van der Waals surface area (Å²) in [5.41, 5.74) is 6.02. The molecule has 0 amide bonds. The van der Waals surface area contributed by atoms with Crippen LogP contribution in [-0.4, -0.2) is 4.98 Å². The van der Waals surface area contributed by atoms with Crippen LogP contribution in [-0.2, 0) is 19.3 Å². The van der Waals surface area contributed by atoms with Crippen LogP contribution < -0.4 is 0 Å². The molecule has 1 aromatic heterocycles. The molecule has 0 aromatic carbocycles. The lowest BCUT2D eigenvalue weighted by Gasteiger charge is -2.11. The number of allylic oxidation sites excluding steroid dienone is 1. The molecule has 2 rings (SSSR count). The Labute approximate surface area is 100.0 Å². The van der Waals surface area contributed by atoms with Gasteiger partial charge in [-0.15, -0.1) is 0 Å². The zero-order valence-electron chi connectivity index (χ0n) is 11.2. The Balaban J connectivity index is 0.000000606. The van der Waals surface area contributed by atoms with Crippen molar-refractivity contribution in [2.45, 2.75) is 59.8 Å². The molecule has 16 heavy (non-hydrogen) atoms. The summed E-state index contributed by atoms with van der Waals surface area (Å²) in [5.74, 6) is 0. The molecular weight excluding hydrogens is 194 g/mol. The first kappa shape index (κ1) is 13.1. The van der Waals surface area contributed by atoms with Crippen molar-refractivity contribution in [3.05, 3.63) is 28.6 Å². The van der Waals surface area contributed by atoms with Gasteiger partial charge >= 0.3 is 0 Å². The molecule has 1 aliphatic rings. The van der Waals surface area contributed by atoms with E-state index in [1.54, 1.807) is 11.1 Å². The molecule has 1 N–H and O–H groups in total. The molecule has 1 heterocycles. The first-order valence-electron chi connectivity index (χ1n) is 6.72. The van der Waals surface area contributed by atoms with E-state index in [4.69, 9.17) is 0 Å². The summed E-state index contributed by atoms with van der Waals surface area (Å²) in [6.45, 7) is 8.34. The van der Waals surface area contributed by atoms with Crippen LogP contribution in [0.15, 0.2) is 6.08 Å². The van der Waals surface area contributed by atoms with E-state index in [0.717, 1.165) is 6.42 Å². The summed E-state index contributed by atoms with van der Waals surface area (Å²) < 4.78 is 0. The third-order valence-corrected chi connectivity index (χ3v) is 3.13. The van der Waals surface area contributed by atoms with Gasteiger partial charge in [-0.1, -0.05) is 26.8 Å². The molecule has 1 aromatic rings. The van der Waals surface area contributed by atoms with Gasteiger partial charge in [0.2, 0.25) is 0 Å². The van der Waals surface area contributed by atoms with Crippen LogP contribution >= 0.6 is 0 Å². The van der Waals surface area contributed by atoms with Crippen molar-refractivity contribution in [3.63, 3.8) is 0 Å². The standard InChI is InChI=1S/C13H19N.C2H6/c1-3-7-12-10(4-2)11-8-5-6-9-13(11)14-12;1-2/h3,7,14H,4-6,8-9H2,1-2H3;1-2H3/b7-3-;. The van der Waals surface area contributed by atoms with E-state index in [9.17, 15) is 0 Å². The predicted octanol–water partition coefficient (Wildman–Crippen LogP) is 4.52. The van der Waals surface area contributed by atoms with Crippen LogP contribution in [0.25, 0.3) is 6.08 Å². The van der Waals surface area contributed by atoms with Gasteiger partial charge in [-0.2, -0.15) is 0 Å². The first-order valence-corrected chi connectivity index (χ1v) is 6.72. The van der Waals surface area contributed by atoms with Crippen LogP contribution in [0.3, 0.4) is 0 Å². The maximum absolute atomic E-state index is 3.57. The summed E-state index contributed by atoms with van der Waals surface area (Å²) in [6.07, 6.45) is 10.7. The van der Waals surface area contributed by atoms with Crippen molar-refractivity contribution in [2.24, 2.45) is 0 Å². The quantitative estimate of drug-likeness (QED) is 0.753. The lowest BCUT2D eigenvalue weighted by atomic mass is 9.93. The molecule has 1 nitrogen and oxygen atoms in total. The van der Waals surface area contributed by atoms with Crippen LogP contribution in [0, 0.1) is 0 Å². The SMILES string of the molecule is C/C=C\c1[nH]c2c(c1CC)CCCC2.CC.